The van der Waals surface area contributed by atoms with E-state index in [1.165, 1.54) is 12.3 Å². The van der Waals surface area contributed by atoms with Gasteiger partial charge >= 0.3 is 5.97 Å². The molecule has 1 aliphatic heterocycles. The average molecular weight is 467 g/mol. The van der Waals surface area contributed by atoms with Crippen LogP contribution in [-0.4, -0.2) is 62.3 Å². The quantitative estimate of drug-likeness (QED) is 0.504. The number of benzene rings is 2. The standard InChI is InChI=1S/C26H31FN4O3/c1-5-30-9-11-31(12-10-30)23-15-21-18(14-24(23)33-4)25(19(16-28-21)26(32)34-6-2)29-22-13-17(3)7-8-20(22)27/h7-8,13-16H,5-6,9-12H2,1-4H3,(H,28,29). The van der Waals surface area contributed by atoms with Crippen LogP contribution in [0, 0.1) is 12.7 Å². The lowest BCUT2D eigenvalue weighted by Crippen LogP contribution is -2.46. The Balaban J connectivity index is 1.83. The van der Waals surface area contributed by atoms with Gasteiger partial charge in [0, 0.05) is 37.8 Å². The fourth-order valence-corrected chi connectivity index (χ4v) is 4.29. The van der Waals surface area contributed by atoms with Crippen molar-refractivity contribution in [3.8, 4) is 5.75 Å². The first-order valence-corrected chi connectivity index (χ1v) is 11.6. The SMILES string of the molecule is CCOC(=O)c1cnc2cc(N3CCN(CC)CC3)c(OC)cc2c1Nc1cc(C)ccc1F. The number of ether oxygens (including phenoxy) is 2. The van der Waals surface area contributed by atoms with E-state index in [4.69, 9.17) is 9.47 Å². The second-order valence-corrected chi connectivity index (χ2v) is 8.34. The molecule has 2 aromatic carbocycles. The van der Waals surface area contributed by atoms with Crippen molar-refractivity contribution < 1.29 is 18.7 Å². The number of nitrogens with zero attached hydrogens (tertiary/aromatic N) is 3. The van der Waals surface area contributed by atoms with E-state index in [9.17, 15) is 9.18 Å². The lowest BCUT2D eigenvalue weighted by atomic mass is 10.1. The number of fused-ring (bicyclic) bond motifs is 1. The van der Waals surface area contributed by atoms with E-state index in [1.54, 1.807) is 26.2 Å². The molecule has 0 spiro atoms. The van der Waals surface area contributed by atoms with Gasteiger partial charge in [-0.15, -0.1) is 0 Å². The van der Waals surface area contributed by atoms with Crippen LogP contribution < -0.4 is 15.0 Å². The maximum Gasteiger partial charge on any atom is 0.341 e. The largest absolute Gasteiger partial charge is 0.495 e. The van der Waals surface area contributed by atoms with Gasteiger partial charge in [-0.1, -0.05) is 13.0 Å². The van der Waals surface area contributed by atoms with Gasteiger partial charge in [0.15, 0.2) is 0 Å². The molecule has 34 heavy (non-hydrogen) atoms. The summed E-state index contributed by atoms with van der Waals surface area (Å²) in [7, 11) is 1.63. The first-order valence-electron chi connectivity index (χ1n) is 11.6. The summed E-state index contributed by atoms with van der Waals surface area (Å²) in [6, 6.07) is 8.64. The molecule has 0 amide bonds. The normalized spacial score (nSPS) is 14.3. The molecule has 1 fully saturated rings. The number of halogens is 1. The minimum atomic E-state index is -0.522. The Bertz CT molecular complexity index is 1190. The zero-order valence-corrected chi connectivity index (χ0v) is 20.2. The van der Waals surface area contributed by atoms with Gasteiger partial charge in [-0.05, 0) is 50.2 Å². The number of rotatable bonds is 7. The van der Waals surface area contributed by atoms with Gasteiger partial charge in [0.2, 0.25) is 0 Å². The molecule has 180 valence electrons. The van der Waals surface area contributed by atoms with Crippen molar-refractivity contribution in [1.29, 1.82) is 0 Å². The molecule has 1 N–H and O–H groups in total. The molecule has 7 nitrogen and oxygen atoms in total. The van der Waals surface area contributed by atoms with Crippen LogP contribution in [0.3, 0.4) is 0 Å². The number of hydrogen-bond acceptors (Lipinski definition) is 7. The van der Waals surface area contributed by atoms with Crippen molar-refractivity contribution in [2.75, 3.05) is 56.7 Å². The maximum atomic E-state index is 14.6. The Hall–Kier alpha value is -3.39. The molecule has 0 aliphatic carbocycles. The highest BCUT2D eigenvalue weighted by molar-refractivity contribution is 6.07. The van der Waals surface area contributed by atoms with Gasteiger partial charge in [0.1, 0.15) is 17.1 Å². The average Bonchev–Trinajstić information content (AvgIpc) is 2.85. The van der Waals surface area contributed by atoms with Gasteiger partial charge in [-0.3, -0.25) is 4.98 Å². The third-order valence-electron chi connectivity index (χ3n) is 6.21. The van der Waals surface area contributed by atoms with E-state index < -0.39 is 11.8 Å². The summed E-state index contributed by atoms with van der Waals surface area (Å²) in [5.74, 6) is -0.262. The van der Waals surface area contributed by atoms with Gasteiger partial charge in [0.05, 0.1) is 36.3 Å². The molecule has 1 aromatic heterocycles. The highest BCUT2D eigenvalue weighted by Gasteiger charge is 2.23. The van der Waals surface area contributed by atoms with Crippen molar-refractivity contribution in [2.45, 2.75) is 20.8 Å². The molecule has 4 rings (SSSR count). The van der Waals surface area contributed by atoms with E-state index in [0.717, 1.165) is 44.0 Å². The molecule has 0 radical (unpaired) electrons. The van der Waals surface area contributed by atoms with Crippen LogP contribution in [0.25, 0.3) is 10.9 Å². The minimum Gasteiger partial charge on any atom is -0.495 e. The van der Waals surface area contributed by atoms with Crippen molar-refractivity contribution in [3.05, 3.63) is 53.5 Å². The van der Waals surface area contributed by atoms with Crippen molar-refractivity contribution in [1.82, 2.24) is 9.88 Å². The monoisotopic (exact) mass is 466 g/mol. The fraction of sp³-hybridized carbons (Fsp3) is 0.385. The summed E-state index contributed by atoms with van der Waals surface area (Å²) in [6.45, 7) is 10.8. The smallest absolute Gasteiger partial charge is 0.341 e. The molecule has 0 unspecified atom stereocenters. The third-order valence-corrected chi connectivity index (χ3v) is 6.21. The molecular formula is C26H31FN4O3. The van der Waals surface area contributed by atoms with Crippen molar-refractivity contribution >= 4 is 33.9 Å². The number of nitrogens with one attached hydrogen (secondary N) is 1. The third kappa shape index (κ3) is 4.77. The van der Waals surface area contributed by atoms with Gasteiger partial charge < -0.3 is 24.6 Å². The highest BCUT2D eigenvalue weighted by Crippen LogP contribution is 2.38. The molecule has 0 bridgehead atoms. The maximum absolute atomic E-state index is 14.6. The van der Waals surface area contributed by atoms with E-state index in [1.807, 2.05) is 19.1 Å². The minimum absolute atomic E-state index is 0.223. The number of piperazine rings is 1. The Labute approximate surface area is 199 Å². The molecule has 8 heteroatoms. The first-order chi connectivity index (χ1) is 16.4. The van der Waals surface area contributed by atoms with E-state index in [0.29, 0.717) is 22.3 Å². The van der Waals surface area contributed by atoms with Gasteiger partial charge in [0.25, 0.3) is 0 Å². The summed E-state index contributed by atoms with van der Waals surface area (Å²) in [6.07, 6.45) is 1.49. The van der Waals surface area contributed by atoms with Crippen LogP contribution in [0.2, 0.25) is 0 Å². The molecule has 3 aromatic rings. The van der Waals surface area contributed by atoms with E-state index >= 15 is 0 Å². The number of esters is 1. The number of hydrogen-bond donors (Lipinski definition) is 1. The molecule has 1 saturated heterocycles. The highest BCUT2D eigenvalue weighted by atomic mass is 19.1. The summed E-state index contributed by atoms with van der Waals surface area (Å²) < 4.78 is 25.6. The first kappa shape index (κ1) is 23.8. The summed E-state index contributed by atoms with van der Waals surface area (Å²) in [5, 5.41) is 3.79. The molecule has 1 aliphatic rings. The van der Waals surface area contributed by atoms with Crippen molar-refractivity contribution in [3.63, 3.8) is 0 Å². The van der Waals surface area contributed by atoms with Crippen molar-refractivity contribution in [2.24, 2.45) is 0 Å². The Morgan fingerprint density at radius 2 is 1.91 bits per heavy atom. The predicted octanol–water partition coefficient (Wildman–Crippen LogP) is 4.75. The van der Waals surface area contributed by atoms with Crippen LogP contribution in [0.5, 0.6) is 5.75 Å². The molecular weight excluding hydrogens is 435 g/mol. The molecule has 2 heterocycles. The second-order valence-electron chi connectivity index (χ2n) is 8.34. The summed E-state index contributed by atoms with van der Waals surface area (Å²) >= 11 is 0. The number of aryl methyl sites for hydroxylation is 1. The Morgan fingerprint density at radius 3 is 2.59 bits per heavy atom. The Kier molecular flexibility index (Phi) is 7.17. The number of aromatic nitrogens is 1. The number of carbonyl (C=O) groups is 1. The number of anilines is 3. The Morgan fingerprint density at radius 1 is 1.15 bits per heavy atom. The summed E-state index contributed by atoms with van der Waals surface area (Å²) in [4.78, 5) is 22.0. The number of pyridine rings is 1. The van der Waals surface area contributed by atoms with E-state index in [2.05, 4.69) is 27.0 Å². The van der Waals surface area contributed by atoms with Crippen LogP contribution in [0.15, 0.2) is 36.5 Å². The lowest BCUT2D eigenvalue weighted by Gasteiger charge is -2.36. The topological polar surface area (TPSA) is 66.9 Å². The number of methoxy groups -OCH3 is 1. The summed E-state index contributed by atoms with van der Waals surface area (Å²) in [5.41, 5.74) is 3.48. The second kappa shape index (κ2) is 10.3. The zero-order valence-electron chi connectivity index (χ0n) is 20.2. The molecule has 0 saturated carbocycles. The van der Waals surface area contributed by atoms with Gasteiger partial charge in [-0.2, -0.15) is 0 Å². The fourth-order valence-electron chi connectivity index (χ4n) is 4.29. The number of carbonyl (C=O) groups excluding carboxylic acids is 1. The zero-order chi connectivity index (χ0) is 24.2. The van der Waals surface area contributed by atoms with E-state index in [-0.39, 0.29) is 17.9 Å². The van der Waals surface area contributed by atoms with Crippen LogP contribution in [-0.2, 0) is 4.74 Å². The van der Waals surface area contributed by atoms with Crippen LogP contribution in [0.4, 0.5) is 21.5 Å². The van der Waals surface area contributed by atoms with Gasteiger partial charge in [-0.25, -0.2) is 9.18 Å². The van der Waals surface area contributed by atoms with Crippen LogP contribution in [0.1, 0.15) is 29.8 Å². The molecule has 0 atom stereocenters. The number of likely N-dealkylation sites (N-methyl/N-ethyl adjacent to an activating group) is 1. The van der Waals surface area contributed by atoms with Crippen LogP contribution >= 0.6 is 0 Å². The predicted molar refractivity (Wildman–Crippen MR) is 133 cm³/mol. The lowest BCUT2D eigenvalue weighted by molar-refractivity contribution is 0.0527.